The van der Waals surface area contributed by atoms with E-state index in [0.717, 1.165) is 24.9 Å². The Balaban J connectivity index is 1.24. The largest absolute Gasteiger partial charge is 0.480 e. The van der Waals surface area contributed by atoms with Gasteiger partial charge in [-0.25, -0.2) is 4.99 Å². The number of nitrogens with zero attached hydrogens (tertiary/aromatic N) is 2. The fraction of sp³-hybridized carbons (Fsp3) is 0.667. The molecule has 12 heteroatoms. The van der Waals surface area contributed by atoms with E-state index in [-0.39, 0.29) is 12.8 Å². The summed E-state index contributed by atoms with van der Waals surface area (Å²) in [5.41, 5.74) is 2.28. The lowest BCUT2D eigenvalue weighted by Crippen LogP contribution is -2.61. The van der Waals surface area contributed by atoms with Gasteiger partial charge in [0, 0.05) is 43.3 Å². The summed E-state index contributed by atoms with van der Waals surface area (Å²) in [5, 5.41) is 41.2. The van der Waals surface area contributed by atoms with Crippen LogP contribution >= 0.6 is 0 Å². The average molecular weight is 545 g/mol. The molecular formula is C27H32N2O10. The number of aliphatic hydroxyl groups excluding tert-OH is 4. The second kappa shape index (κ2) is 8.53. The van der Waals surface area contributed by atoms with Crippen LogP contribution in [-0.4, -0.2) is 114 Å². The third kappa shape index (κ3) is 3.10. The Morgan fingerprint density at radius 1 is 1.18 bits per heavy atom. The van der Waals surface area contributed by atoms with Crippen molar-refractivity contribution in [3.8, 4) is 17.2 Å². The van der Waals surface area contributed by atoms with Crippen molar-refractivity contribution >= 4 is 11.6 Å². The molecule has 8 aliphatic heterocycles. The lowest BCUT2D eigenvalue weighted by Gasteiger charge is -2.54. The number of fused-ring (bicyclic) bond motifs is 3. The number of methoxy groups -OCH3 is 1. The van der Waals surface area contributed by atoms with Crippen LogP contribution in [0.15, 0.2) is 22.7 Å². The predicted octanol–water partition coefficient (Wildman–Crippen LogP) is -0.429. The first-order valence-corrected chi connectivity index (χ1v) is 13.6. The second-order valence-electron chi connectivity index (χ2n) is 11.5. The molecule has 0 amide bonds. The van der Waals surface area contributed by atoms with Crippen molar-refractivity contribution in [2.75, 3.05) is 40.3 Å². The maximum Gasteiger partial charge on any atom is 0.231 e. The molecule has 39 heavy (non-hydrogen) atoms. The smallest absolute Gasteiger partial charge is 0.231 e. The molecule has 6 fully saturated rings. The lowest BCUT2D eigenvalue weighted by atomic mass is 9.68. The van der Waals surface area contributed by atoms with E-state index >= 15 is 0 Å². The van der Waals surface area contributed by atoms with Gasteiger partial charge in [-0.1, -0.05) is 11.6 Å². The van der Waals surface area contributed by atoms with Crippen LogP contribution in [-0.2, 0) is 19.6 Å². The summed E-state index contributed by atoms with van der Waals surface area (Å²) in [5.74, 6) is 2.56. The number of benzene rings is 1. The molecule has 2 unspecified atom stereocenters. The van der Waals surface area contributed by atoms with Crippen molar-refractivity contribution in [1.29, 1.82) is 0 Å². The van der Waals surface area contributed by atoms with E-state index in [9.17, 15) is 20.4 Å². The normalized spacial score (nSPS) is 45.2. The predicted molar refractivity (Wildman–Crippen MR) is 132 cm³/mol. The molecule has 1 aromatic carbocycles. The molecule has 6 saturated heterocycles. The molecule has 0 saturated carbocycles. The Kier molecular flexibility index (Phi) is 5.32. The van der Waals surface area contributed by atoms with Gasteiger partial charge >= 0.3 is 0 Å². The zero-order valence-corrected chi connectivity index (χ0v) is 21.4. The molecule has 11 atom stereocenters. The van der Waals surface area contributed by atoms with Crippen LogP contribution < -0.4 is 14.2 Å². The minimum atomic E-state index is -1.57. The summed E-state index contributed by atoms with van der Waals surface area (Å²) in [7, 11) is 1.71. The molecule has 8 heterocycles. The van der Waals surface area contributed by atoms with E-state index in [1.165, 1.54) is 5.57 Å². The Hall–Kier alpha value is -2.45. The van der Waals surface area contributed by atoms with Crippen molar-refractivity contribution in [2.45, 2.75) is 61.0 Å². The van der Waals surface area contributed by atoms with Gasteiger partial charge in [-0.05, 0) is 18.8 Å². The van der Waals surface area contributed by atoms with E-state index in [0.29, 0.717) is 59.9 Å². The van der Waals surface area contributed by atoms with Gasteiger partial charge in [0.05, 0.1) is 30.9 Å². The number of hydrogen-bond donors (Lipinski definition) is 4. The number of piperidine rings is 3. The number of aliphatic hydroxyl groups is 4. The average Bonchev–Trinajstić information content (AvgIpc) is 3.56. The van der Waals surface area contributed by atoms with Gasteiger partial charge in [-0.15, -0.1) is 0 Å². The van der Waals surface area contributed by atoms with Gasteiger partial charge in [-0.3, -0.25) is 4.90 Å². The van der Waals surface area contributed by atoms with Crippen molar-refractivity contribution in [3.05, 3.63) is 23.3 Å². The minimum absolute atomic E-state index is 0.000674. The van der Waals surface area contributed by atoms with Crippen LogP contribution in [0.2, 0.25) is 0 Å². The van der Waals surface area contributed by atoms with Crippen LogP contribution in [0.3, 0.4) is 0 Å². The first-order valence-electron chi connectivity index (χ1n) is 13.6. The van der Waals surface area contributed by atoms with Gasteiger partial charge in [-0.2, -0.15) is 0 Å². The third-order valence-electron chi connectivity index (χ3n) is 9.91. The molecule has 0 radical (unpaired) electrons. The number of hydrogen-bond acceptors (Lipinski definition) is 12. The van der Waals surface area contributed by atoms with E-state index in [4.69, 9.17) is 33.4 Å². The zero-order valence-electron chi connectivity index (χ0n) is 21.4. The van der Waals surface area contributed by atoms with Gasteiger partial charge < -0.3 is 48.8 Å². The van der Waals surface area contributed by atoms with Gasteiger partial charge in [0.25, 0.3) is 0 Å². The maximum atomic E-state index is 10.8. The summed E-state index contributed by atoms with van der Waals surface area (Å²) in [6, 6.07) is 2.29. The lowest BCUT2D eigenvalue weighted by molar-refractivity contribution is -0.277. The topological polar surface area (TPSA) is 152 Å². The van der Waals surface area contributed by atoms with E-state index in [1.54, 1.807) is 7.11 Å². The highest BCUT2D eigenvalue weighted by atomic mass is 16.7. The first kappa shape index (κ1) is 24.4. The van der Waals surface area contributed by atoms with Crippen LogP contribution in [0.25, 0.3) is 0 Å². The summed E-state index contributed by atoms with van der Waals surface area (Å²) in [4.78, 5) is 7.55. The highest BCUT2D eigenvalue weighted by Gasteiger charge is 2.70. The third-order valence-corrected chi connectivity index (χ3v) is 9.91. The molecule has 8 aliphatic rings. The fourth-order valence-corrected chi connectivity index (χ4v) is 8.19. The van der Waals surface area contributed by atoms with Gasteiger partial charge in [0.2, 0.25) is 24.7 Å². The molecule has 1 aromatic rings. The fourth-order valence-electron chi connectivity index (χ4n) is 8.19. The molecule has 5 bridgehead atoms. The number of ether oxygens (including phenoxy) is 6. The number of aliphatic imine (C=N–C) groups is 1. The molecule has 9 rings (SSSR count). The molecule has 12 nitrogen and oxygen atoms in total. The van der Waals surface area contributed by atoms with Crippen LogP contribution in [0.5, 0.6) is 17.2 Å². The molecule has 4 N–H and O–H groups in total. The molecule has 0 aromatic heterocycles. The SMILES string of the molecule is COC/C=C1\CN2[C@H]3C[C@H]1[C@@H]1COC4=Nc5cc6c(c(O[C@@H]7O[C@H](CO)[C@@H](O)[C@H](O)C7O)c5[C@@]43C[C@@H]12)OCO6. The molecule has 1 spiro atoms. The minimum Gasteiger partial charge on any atom is -0.480 e. The van der Waals surface area contributed by atoms with E-state index < -0.39 is 42.7 Å². The van der Waals surface area contributed by atoms with Crippen LogP contribution in [0, 0.1) is 11.8 Å². The highest BCUT2D eigenvalue weighted by molar-refractivity contribution is 6.00. The van der Waals surface area contributed by atoms with E-state index in [1.807, 2.05) is 6.07 Å². The molecule has 0 aliphatic carbocycles. The summed E-state index contributed by atoms with van der Waals surface area (Å²) < 4.78 is 35.5. The van der Waals surface area contributed by atoms with Crippen molar-refractivity contribution in [1.82, 2.24) is 4.90 Å². The van der Waals surface area contributed by atoms with Crippen LogP contribution in [0.1, 0.15) is 18.4 Å². The van der Waals surface area contributed by atoms with Crippen molar-refractivity contribution in [2.24, 2.45) is 16.8 Å². The van der Waals surface area contributed by atoms with Gasteiger partial charge in [0.1, 0.15) is 24.4 Å². The maximum absolute atomic E-state index is 10.8. The summed E-state index contributed by atoms with van der Waals surface area (Å²) >= 11 is 0. The highest BCUT2D eigenvalue weighted by Crippen LogP contribution is 2.66. The van der Waals surface area contributed by atoms with Crippen LogP contribution in [0.4, 0.5) is 5.69 Å². The van der Waals surface area contributed by atoms with Crippen molar-refractivity contribution < 1.29 is 48.8 Å². The summed E-state index contributed by atoms with van der Waals surface area (Å²) in [6.07, 6.45) is -3.13. The Morgan fingerprint density at radius 3 is 2.87 bits per heavy atom. The molecule has 210 valence electrons. The second-order valence-corrected chi connectivity index (χ2v) is 11.5. The quantitative estimate of drug-likeness (QED) is 0.358. The van der Waals surface area contributed by atoms with E-state index in [2.05, 4.69) is 11.0 Å². The first-order chi connectivity index (χ1) is 19.0. The molecular weight excluding hydrogens is 512 g/mol. The summed E-state index contributed by atoms with van der Waals surface area (Å²) in [6.45, 7) is 1.48. The number of rotatable bonds is 5. The zero-order chi connectivity index (χ0) is 26.6. The Bertz CT molecular complexity index is 1270. The monoisotopic (exact) mass is 544 g/mol. The Labute approximate surface area is 224 Å². The standard InChI is InChI=1S/C27H32N2O10/c1-34-3-2-11-7-29-15-6-27-18(29)4-12(11)13(15)9-35-26(27)28-14-5-16-23(37-10-36-16)24(19(14)27)39-25-22(33)21(32)20(31)17(8-30)38-25/h2,5,12-13,15,17-18,20-22,25,30-33H,3-4,6-10H2,1H3/b11-2+/t12-,13+,15+,17-,18+,20-,21+,22?,25+,27+/m1/s1. The van der Waals surface area contributed by atoms with Crippen molar-refractivity contribution in [3.63, 3.8) is 0 Å². The van der Waals surface area contributed by atoms with Gasteiger partial charge in [0.15, 0.2) is 11.5 Å². The Morgan fingerprint density at radius 2 is 2.05 bits per heavy atom.